The van der Waals surface area contributed by atoms with Crippen molar-refractivity contribution in [3.63, 3.8) is 0 Å². The molecule has 2 aromatic carbocycles. The summed E-state index contributed by atoms with van der Waals surface area (Å²) in [5, 5.41) is 5.86. The smallest absolute Gasteiger partial charge is 0.233 e. The van der Waals surface area contributed by atoms with Crippen LogP contribution in [-0.4, -0.2) is 62.5 Å². The molecular weight excluding hydrogens is 427 g/mol. The van der Waals surface area contributed by atoms with Crippen LogP contribution in [-0.2, 0) is 4.79 Å². The van der Waals surface area contributed by atoms with Gasteiger partial charge in [0, 0.05) is 31.9 Å². The molecule has 0 atom stereocenters. The number of piperazine rings is 1. The van der Waals surface area contributed by atoms with Gasteiger partial charge in [-0.15, -0.1) is 0 Å². The lowest BCUT2D eigenvalue weighted by molar-refractivity contribution is -0.128. The first-order chi connectivity index (χ1) is 15.7. The second-order valence-corrected chi connectivity index (χ2v) is 8.41. The summed E-state index contributed by atoms with van der Waals surface area (Å²) in [4.78, 5) is 25.7. The summed E-state index contributed by atoms with van der Waals surface area (Å²) in [5.74, 6) is 0.0960. The van der Waals surface area contributed by atoms with Gasteiger partial charge in [-0.05, 0) is 36.4 Å². The second kappa shape index (κ2) is 8.96. The molecular formula is C23H21FN6OS. The summed E-state index contributed by atoms with van der Waals surface area (Å²) in [6, 6.07) is 16.3. The van der Waals surface area contributed by atoms with Crippen molar-refractivity contribution in [3.05, 3.63) is 72.9 Å². The summed E-state index contributed by atoms with van der Waals surface area (Å²) in [6.07, 6.45) is 3.15. The van der Waals surface area contributed by atoms with Crippen molar-refractivity contribution in [1.82, 2.24) is 24.6 Å². The van der Waals surface area contributed by atoms with E-state index >= 15 is 0 Å². The number of carbonyl (C=O) groups excluding carboxylic acids is 1. The number of thioether (sulfide) groups is 1. The number of nitrogens with zero attached hydrogens (tertiary/aromatic N) is 6. The molecule has 32 heavy (non-hydrogen) atoms. The number of anilines is 1. The molecule has 1 aliphatic heterocycles. The van der Waals surface area contributed by atoms with Gasteiger partial charge in [-0.25, -0.2) is 19.0 Å². The number of benzene rings is 2. The molecule has 5 rings (SSSR count). The van der Waals surface area contributed by atoms with Gasteiger partial charge in [-0.2, -0.15) is 5.10 Å². The van der Waals surface area contributed by atoms with Crippen LogP contribution in [0.5, 0.6) is 0 Å². The summed E-state index contributed by atoms with van der Waals surface area (Å²) in [7, 11) is 0. The molecule has 1 aliphatic rings. The average Bonchev–Trinajstić information content (AvgIpc) is 3.28. The Bertz CT molecular complexity index is 1220. The first-order valence-electron chi connectivity index (χ1n) is 10.3. The first-order valence-corrected chi connectivity index (χ1v) is 11.3. The maximum Gasteiger partial charge on any atom is 0.233 e. The van der Waals surface area contributed by atoms with Gasteiger partial charge in [-0.3, -0.25) is 4.79 Å². The lowest BCUT2D eigenvalue weighted by Crippen LogP contribution is -2.49. The molecule has 1 amide bonds. The van der Waals surface area contributed by atoms with Crippen molar-refractivity contribution in [2.24, 2.45) is 0 Å². The zero-order valence-corrected chi connectivity index (χ0v) is 18.1. The van der Waals surface area contributed by atoms with Crippen molar-refractivity contribution in [1.29, 1.82) is 0 Å². The number of fused-ring (bicyclic) bond motifs is 1. The molecule has 2 aromatic heterocycles. The molecule has 1 fully saturated rings. The van der Waals surface area contributed by atoms with E-state index in [9.17, 15) is 9.18 Å². The van der Waals surface area contributed by atoms with Crippen LogP contribution in [0.15, 0.2) is 72.1 Å². The van der Waals surface area contributed by atoms with E-state index in [2.05, 4.69) is 32.1 Å². The predicted molar refractivity (Wildman–Crippen MR) is 123 cm³/mol. The summed E-state index contributed by atoms with van der Waals surface area (Å²) >= 11 is 1.39. The second-order valence-electron chi connectivity index (χ2n) is 7.44. The lowest BCUT2D eigenvalue weighted by atomic mass is 10.2. The fraction of sp³-hybridized carbons (Fsp3) is 0.217. The van der Waals surface area contributed by atoms with Crippen LogP contribution < -0.4 is 4.90 Å². The normalized spacial score (nSPS) is 14.2. The van der Waals surface area contributed by atoms with Crippen LogP contribution in [0.3, 0.4) is 0 Å². The SMILES string of the molecule is O=C(CSc1ncnc2c1cnn2-c1ccc(F)cc1)N1CCN(c2ccccc2)CC1. The molecule has 0 N–H and O–H groups in total. The fourth-order valence-corrected chi connectivity index (χ4v) is 4.65. The number of hydrogen-bond acceptors (Lipinski definition) is 6. The number of carbonyl (C=O) groups is 1. The van der Waals surface area contributed by atoms with Crippen molar-refractivity contribution in [2.45, 2.75) is 5.03 Å². The third-order valence-corrected chi connectivity index (χ3v) is 6.48. The Labute approximate surface area is 188 Å². The van der Waals surface area contributed by atoms with Crippen LogP contribution in [0.1, 0.15) is 0 Å². The molecule has 0 radical (unpaired) electrons. The first kappa shape index (κ1) is 20.4. The number of rotatable bonds is 5. The number of amides is 1. The molecule has 0 spiro atoms. The van der Waals surface area contributed by atoms with Gasteiger partial charge < -0.3 is 9.80 Å². The minimum Gasteiger partial charge on any atom is -0.368 e. The Balaban J connectivity index is 1.24. The average molecular weight is 449 g/mol. The van der Waals surface area contributed by atoms with E-state index in [-0.39, 0.29) is 11.7 Å². The minimum atomic E-state index is -0.306. The Morgan fingerprint density at radius 2 is 1.69 bits per heavy atom. The monoisotopic (exact) mass is 448 g/mol. The van der Waals surface area contributed by atoms with Crippen LogP contribution in [0.2, 0.25) is 0 Å². The number of aromatic nitrogens is 4. The Kier molecular flexibility index (Phi) is 5.72. The molecule has 4 aromatic rings. The van der Waals surface area contributed by atoms with Gasteiger partial charge in [0.25, 0.3) is 0 Å². The zero-order valence-electron chi connectivity index (χ0n) is 17.3. The topological polar surface area (TPSA) is 67.2 Å². The van der Waals surface area contributed by atoms with Gasteiger partial charge in [0.2, 0.25) is 5.91 Å². The highest BCUT2D eigenvalue weighted by atomic mass is 32.2. The van der Waals surface area contributed by atoms with E-state index in [0.29, 0.717) is 35.2 Å². The molecule has 0 aliphatic carbocycles. The molecule has 9 heteroatoms. The quantitative estimate of drug-likeness (QED) is 0.344. The molecule has 0 unspecified atom stereocenters. The third kappa shape index (κ3) is 4.16. The van der Waals surface area contributed by atoms with Crippen LogP contribution in [0, 0.1) is 5.82 Å². The molecule has 0 saturated carbocycles. The van der Waals surface area contributed by atoms with E-state index < -0.39 is 0 Å². The highest BCUT2D eigenvalue weighted by Gasteiger charge is 2.22. The summed E-state index contributed by atoms with van der Waals surface area (Å²) in [6.45, 7) is 3.05. The Morgan fingerprint density at radius 1 is 0.938 bits per heavy atom. The highest BCUT2D eigenvalue weighted by molar-refractivity contribution is 8.00. The summed E-state index contributed by atoms with van der Waals surface area (Å²) < 4.78 is 14.9. The minimum absolute atomic E-state index is 0.0976. The van der Waals surface area contributed by atoms with Gasteiger partial charge in [-0.1, -0.05) is 30.0 Å². The predicted octanol–water partition coefficient (Wildman–Crippen LogP) is 3.40. The summed E-state index contributed by atoms with van der Waals surface area (Å²) in [5.41, 5.74) is 2.52. The highest BCUT2D eigenvalue weighted by Crippen LogP contribution is 2.26. The van der Waals surface area contributed by atoms with E-state index in [0.717, 1.165) is 18.5 Å². The molecule has 1 saturated heterocycles. The fourth-order valence-electron chi connectivity index (χ4n) is 3.78. The zero-order chi connectivity index (χ0) is 21.9. The number of halogens is 1. The van der Waals surface area contributed by atoms with Crippen LogP contribution in [0.4, 0.5) is 10.1 Å². The maximum atomic E-state index is 13.2. The van der Waals surface area contributed by atoms with E-state index in [1.54, 1.807) is 23.0 Å². The molecule has 7 nitrogen and oxygen atoms in total. The van der Waals surface area contributed by atoms with Crippen molar-refractivity contribution in [3.8, 4) is 5.69 Å². The van der Waals surface area contributed by atoms with Crippen molar-refractivity contribution in [2.75, 3.05) is 36.8 Å². The molecule has 3 heterocycles. The van der Waals surface area contributed by atoms with E-state index in [1.807, 2.05) is 23.1 Å². The van der Waals surface area contributed by atoms with Crippen molar-refractivity contribution >= 4 is 34.4 Å². The van der Waals surface area contributed by atoms with E-state index in [4.69, 9.17) is 0 Å². The number of hydrogen-bond donors (Lipinski definition) is 0. The van der Waals surface area contributed by atoms with Crippen LogP contribution in [0.25, 0.3) is 16.7 Å². The van der Waals surface area contributed by atoms with E-state index in [1.165, 1.54) is 35.9 Å². The molecule has 162 valence electrons. The van der Waals surface area contributed by atoms with Gasteiger partial charge in [0.15, 0.2) is 5.65 Å². The third-order valence-electron chi connectivity index (χ3n) is 5.49. The largest absolute Gasteiger partial charge is 0.368 e. The maximum absolute atomic E-state index is 13.2. The van der Waals surface area contributed by atoms with Gasteiger partial charge in [0.05, 0.1) is 23.0 Å². The Morgan fingerprint density at radius 3 is 2.44 bits per heavy atom. The van der Waals surface area contributed by atoms with Crippen LogP contribution >= 0.6 is 11.8 Å². The Hall–Kier alpha value is -3.46. The van der Waals surface area contributed by atoms with Gasteiger partial charge in [0.1, 0.15) is 17.2 Å². The molecule has 0 bridgehead atoms. The standard InChI is InChI=1S/C23H21FN6OS/c24-17-6-8-19(9-7-17)30-22-20(14-27-30)23(26-16-25-22)32-15-21(31)29-12-10-28(11-13-29)18-4-2-1-3-5-18/h1-9,14,16H,10-13,15H2. The number of para-hydroxylation sites is 1. The van der Waals surface area contributed by atoms with Crippen molar-refractivity contribution < 1.29 is 9.18 Å². The lowest BCUT2D eigenvalue weighted by Gasteiger charge is -2.36. The van der Waals surface area contributed by atoms with Gasteiger partial charge >= 0.3 is 0 Å².